The Bertz CT molecular complexity index is 255. The molecular formula is C14H24O2. The van der Waals surface area contributed by atoms with Crippen LogP contribution in [0.5, 0.6) is 0 Å². The molecule has 0 amide bonds. The summed E-state index contributed by atoms with van der Waals surface area (Å²) in [6.45, 7) is 4.56. The molecule has 0 aliphatic heterocycles. The van der Waals surface area contributed by atoms with Crippen LogP contribution in [0, 0.1) is 29.6 Å². The first kappa shape index (κ1) is 11.9. The molecule has 0 bridgehead atoms. The molecule has 2 aliphatic rings. The molecule has 2 rings (SSSR count). The fraction of sp³-hybridized carbons (Fsp3) is 0.929. The SMILES string of the molecule is CC(C)C1CCC(C(=O)O)C(C2CCC2)C1. The smallest absolute Gasteiger partial charge is 0.306 e. The lowest BCUT2D eigenvalue weighted by molar-refractivity contribution is -0.147. The van der Waals surface area contributed by atoms with Gasteiger partial charge < -0.3 is 5.11 Å². The molecule has 0 saturated heterocycles. The van der Waals surface area contributed by atoms with Gasteiger partial charge >= 0.3 is 5.97 Å². The van der Waals surface area contributed by atoms with Crippen molar-refractivity contribution in [2.75, 3.05) is 0 Å². The Balaban J connectivity index is 2.03. The maximum Gasteiger partial charge on any atom is 0.306 e. The minimum atomic E-state index is -0.542. The Morgan fingerprint density at radius 3 is 2.31 bits per heavy atom. The van der Waals surface area contributed by atoms with Gasteiger partial charge in [0.05, 0.1) is 5.92 Å². The molecule has 0 radical (unpaired) electrons. The first-order valence-electron chi connectivity index (χ1n) is 6.82. The van der Waals surface area contributed by atoms with Crippen LogP contribution in [0.2, 0.25) is 0 Å². The number of carboxylic acids is 1. The summed E-state index contributed by atoms with van der Waals surface area (Å²) in [6.07, 6.45) is 7.08. The molecule has 3 unspecified atom stereocenters. The number of rotatable bonds is 3. The molecule has 1 N–H and O–H groups in total. The Hall–Kier alpha value is -0.530. The van der Waals surface area contributed by atoms with Crippen molar-refractivity contribution in [3.8, 4) is 0 Å². The highest BCUT2D eigenvalue weighted by molar-refractivity contribution is 5.70. The average molecular weight is 224 g/mol. The van der Waals surface area contributed by atoms with E-state index in [1.54, 1.807) is 0 Å². The monoisotopic (exact) mass is 224 g/mol. The van der Waals surface area contributed by atoms with Crippen molar-refractivity contribution < 1.29 is 9.90 Å². The summed E-state index contributed by atoms with van der Waals surface area (Å²) >= 11 is 0. The van der Waals surface area contributed by atoms with Crippen LogP contribution in [0.4, 0.5) is 0 Å². The molecule has 2 fully saturated rings. The molecular weight excluding hydrogens is 200 g/mol. The van der Waals surface area contributed by atoms with E-state index in [1.165, 1.54) is 25.7 Å². The summed E-state index contributed by atoms with van der Waals surface area (Å²) in [4.78, 5) is 11.3. The number of hydrogen-bond acceptors (Lipinski definition) is 1. The van der Waals surface area contributed by atoms with Crippen LogP contribution in [-0.4, -0.2) is 11.1 Å². The fourth-order valence-electron chi connectivity index (χ4n) is 3.54. The van der Waals surface area contributed by atoms with E-state index in [0.717, 1.165) is 30.6 Å². The van der Waals surface area contributed by atoms with Gasteiger partial charge in [0.2, 0.25) is 0 Å². The first-order chi connectivity index (χ1) is 7.59. The summed E-state index contributed by atoms with van der Waals surface area (Å²) < 4.78 is 0. The van der Waals surface area contributed by atoms with E-state index in [2.05, 4.69) is 13.8 Å². The highest BCUT2D eigenvalue weighted by Crippen LogP contribution is 2.47. The van der Waals surface area contributed by atoms with Crippen molar-refractivity contribution in [2.45, 2.75) is 52.4 Å². The predicted octanol–water partition coefficient (Wildman–Crippen LogP) is 3.56. The van der Waals surface area contributed by atoms with E-state index in [-0.39, 0.29) is 5.92 Å². The largest absolute Gasteiger partial charge is 0.481 e. The average Bonchev–Trinajstić information content (AvgIpc) is 2.14. The zero-order valence-corrected chi connectivity index (χ0v) is 10.5. The third kappa shape index (κ3) is 2.26. The highest BCUT2D eigenvalue weighted by Gasteiger charge is 2.41. The van der Waals surface area contributed by atoms with Crippen LogP contribution >= 0.6 is 0 Å². The molecule has 0 aromatic rings. The number of carbonyl (C=O) groups is 1. The third-order valence-corrected chi connectivity index (χ3v) is 4.96. The van der Waals surface area contributed by atoms with Crippen molar-refractivity contribution >= 4 is 5.97 Å². The molecule has 16 heavy (non-hydrogen) atoms. The first-order valence-corrected chi connectivity index (χ1v) is 6.82. The van der Waals surface area contributed by atoms with Crippen LogP contribution in [0.3, 0.4) is 0 Å². The number of carboxylic acid groups (broad SMARTS) is 1. The van der Waals surface area contributed by atoms with Crippen LogP contribution in [-0.2, 0) is 4.79 Å². The Kier molecular flexibility index (Phi) is 3.56. The van der Waals surface area contributed by atoms with Crippen molar-refractivity contribution in [3.05, 3.63) is 0 Å². The summed E-state index contributed by atoms with van der Waals surface area (Å²) in [6, 6.07) is 0. The summed E-state index contributed by atoms with van der Waals surface area (Å²) in [5, 5.41) is 9.30. The van der Waals surface area contributed by atoms with Gasteiger partial charge in [0.15, 0.2) is 0 Å². The summed E-state index contributed by atoms with van der Waals surface area (Å²) in [7, 11) is 0. The Morgan fingerprint density at radius 1 is 1.19 bits per heavy atom. The van der Waals surface area contributed by atoms with Gasteiger partial charge in [-0.1, -0.05) is 33.1 Å². The van der Waals surface area contributed by atoms with E-state index < -0.39 is 5.97 Å². The molecule has 0 spiro atoms. The molecule has 0 aromatic heterocycles. The maximum atomic E-state index is 11.3. The van der Waals surface area contributed by atoms with Gasteiger partial charge in [0, 0.05) is 0 Å². The topological polar surface area (TPSA) is 37.3 Å². The molecule has 3 atom stereocenters. The molecule has 0 heterocycles. The molecule has 2 nitrogen and oxygen atoms in total. The molecule has 2 saturated carbocycles. The van der Waals surface area contributed by atoms with E-state index in [1.807, 2.05) is 0 Å². The van der Waals surface area contributed by atoms with Crippen LogP contribution in [0.15, 0.2) is 0 Å². The Morgan fingerprint density at radius 2 is 1.88 bits per heavy atom. The predicted molar refractivity (Wildman–Crippen MR) is 64.1 cm³/mol. The lowest BCUT2D eigenvalue weighted by Gasteiger charge is -2.43. The van der Waals surface area contributed by atoms with Crippen LogP contribution < -0.4 is 0 Å². The lowest BCUT2D eigenvalue weighted by atomic mass is 9.61. The second kappa shape index (κ2) is 4.77. The van der Waals surface area contributed by atoms with Gasteiger partial charge in [-0.05, 0) is 42.9 Å². The van der Waals surface area contributed by atoms with Gasteiger partial charge in [-0.25, -0.2) is 0 Å². The van der Waals surface area contributed by atoms with Gasteiger partial charge in [0.25, 0.3) is 0 Å². The lowest BCUT2D eigenvalue weighted by Crippen LogP contribution is -2.38. The van der Waals surface area contributed by atoms with Gasteiger partial charge in [-0.15, -0.1) is 0 Å². The van der Waals surface area contributed by atoms with Crippen molar-refractivity contribution in [1.82, 2.24) is 0 Å². The van der Waals surface area contributed by atoms with Gasteiger partial charge in [-0.3, -0.25) is 4.79 Å². The number of aliphatic carboxylic acids is 1. The zero-order valence-electron chi connectivity index (χ0n) is 10.5. The van der Waals surface area contributed by atoms with E-state index in [9.17, 15) is 9.90 Å². The fourth-order valence-corrected chi connectivity index (χ4v) is 3.54. The third-order valence-electron chi connectivity index (χ3n) is 4.96. The quantitative estimate of drug-likeness (QED) is 0.796. The highest BCUT2D eigenvalue weighted by atomic mass is 16.4. The standard InChI is InChI=1S/C14H24O2/c1-9(2)11-6-7-12(14(15)16)13(8-11)10-4-3-5-10/h9-13H,3-8H2,1-2H3,(H,15,16). The maximum absolute atomic E-state index is 11.3. The zero-order chi connectivity index (χ0) is 11.7. The summed E-state index contributed by atoms with van der Waals surface area (Å²) in [5.74, 6) is 2.10. The summed E-state index contributed by atoms with van der Waals surface area (Å²) in [5.41, 5.74) is 0. The second-order valence-electron chi connectivity index (χ2n) is 6.12. The molecule has 2 heteroatoms. The van der Waals surface area contributed by atoms with E-state index >= 15 is 0 Å². The molecule has 0 aromatic carbocycles. The number of hydrogen-bond donors (Lipinski definition) is 1. The van der Waals surface area contributed by atoms with E-state index in [0.29, 0.717) is 5.92 Å². The van der Waals surface area contributed by atoms with Crippen molar-refractivity contribution in [2.24, 2.45) is 29.6 Å². The van der Waals surface area contributed by atoms with Gasteiger partial charge in [0.1, 0.15) is 0 Å². The normalized spacial score (nSPS) is 36.1. The van der Waals surface area contributed by atoms with E-state index in [4.69, 9.17) is 0 Å². The van der Waals surface area contributed by atoms with Crippen LogP contribution in [0.25, 0.3) is 0 Å². The minimum absolute atomic E-state index is 0.0414. The van der Waals surface area contributed by atoms with Crippen molar-refractivity contribution in [3.63, 3.8) is 0 Å². The molecule has 2 aliphatic carbocycles. The van der Waals surface area contributed by atoms with Crippen molar-refractivity contribution in [1.29, 1.82) is 0 Å². The van der Waals surface area contributed by atoms with Crippen LogP contribution in [0.1, 0.15) is 52.4 Å². The second-order valence-corrected chi connectivity index (χ2v) is 6.12. The molecule has 92 valence electrons. The minimum Gasteiger partial charge on any atom is -0.481 e. The van der Waals surface area contributed by atoms with Gasteiger partial charge in [-0.2, -0.15) is 0 Å². The Labute approximate surface area is 98.4 Å².